The van der Waals surface area contributed by atoms with E-state index in [9.17, 15) is 4.79 Å². The lowest BCUT2D eigenvalue weighted by Gasteiger charge is -2.27. The van der Waals surface area contributed by atoms with Gasteiger partial charge >= 0.3 is 0 Å². The number of quaternary nitrogens is 1. The maximum Gasteiger partial charge on any atom is 0.282 e. The van der Waals surface area contributed by atoms with Crippen molar-refractivity contribution >= 4 is 28.0 Å². The van der Waals surface area contributed by atoms with Crippen molar-refractivity contribution in [2.45, 2.75) is 13.5 Å². The molecule has 2 aromatic carbocycles. The molecule has 0 unspecified atom stereocenters. The molecular weight excluding hydrogens is 392 g/mol. The van der Waals surface area contributed by atoms with Gasteiger partial charge in [0.05, 0.1) is 25.5 Å². The highest BCUT2D eigenvalue weighted by molar-refractivity contribution is 5.95. The van der Waals surface area contributed by atoms with Gasteiger partial charge in [0.15, 0.2) is 18.0 Å². The van der Waals surface area contributed by atoms with Crippen LogP contribution in [0.25, 0.3) is 16.4 Å². The molecule has 3 heterocycles. The standard InChI is InChI=1S/C23H24N6O2/c1-17-19-9-5-6-10-20(19)23-25-24-21(29(23)26-17)15-28(18-7-3-2-4-8-18)22(30)16-27-11-13-31-14-12-27/h2-10H,11-16H2,1H3/p+1. The number of para-hydroxylation sites is 1. The summed E-state index contributed by atoms with van der Waals surface area (Å²) < 4.78 is 7.20. The fourth-order valence-electron chi connectivity index (χ4n) is 4.10. The Kier molecular flexibility index (Phi) is 5.31. The molecular formula is C23H25N6O2+. The number of nitrogens with zero attached hydrogens (tertiary/aromatic N) is 5. The van der Waals surface area contributed by atoms with Gasteiger partial charge in [-0.25, -0.2) is 0 Å². The summed E-state index contributed by atoms with van der Waals surface area (Å²) in [5, 5.41) is 15.6. The minimum Gasteiger partial charge on any atom is -0.370 e. The lowest BCUT2D eigenvalue weighted by Crippen LogP contribution is -3.15. The Morgan fingerprint density at radius 2 is 1.74 bits per heavy atom. The Morgan fingerprint density at radius 3 is 2.52 bits per heavy atom. The molecule has 31 heavy (non-hydrogen) atoms. The number of hydrogen-bond acceptors (Lipinski definition) is 5. The third-order valence-corrected chi connectivity index (χ3v) is 5.78. The second-order valence-electron chi connectivity index (χ2n) is 7.84. The van der Waals surface area contributed by atoms with E-state index >= 15 is 0 Å². The summed E-state index contributed by atoms with van der Waals surface area (Å²) in [6, 6.07) is 17.8. The number of ether oxygens (including phenoxy) is 1. The van der Waals surface area contributed by atoms with E-state index in [-0.39, 0.29) is 5.91 Å². The molecule has 1 aliphatic heterocycles. The number of hydrogen-bond donors (Lipinski definition) is 1. The average Bonchev–Trinajstić information content (AvgIpc) is 3.21. The second kappa shape index (κ2) is 8.41. The normalized spacial score (nSPS) is 14.9. The third kappa shape index (κ3) is 3.87. The zero-order valence-corrected chi connectivity index (χ0v) is 17.5. The molecule has 0 saturated carbocycles. The minimum absolute atomic E-state index is 0.0531. The van der Waals surface area contributed by atoms with Crippen LogP contribution in [0.4, 0.5) is 5.69 Å². The van der Waals surface area contributed by atoms with Crippen molar-refractivity contribution in [3.63, 3.8) is 0 Å². The van der Waals surface area contributed by atoms with Gasteiger partial charge in [0.25, 0.3) is 5.91 Å². The molecule has 1 saturated heterocycles. The smallest absolute Gasteiger partial charge is 0.282 e. The Bertz CT molecular complexity index is 1220. The maximum atomic E-state index is 13.3. The SMILES string of the molecule is Cc1nn2c(CN(C(=O)C[NH+]3CCOCC3)c3ccccc3)nnc2c2ccccc12. The predicted octanol–water partition coefficient (Wildman–Crippen LogP) is 1.03. The van der Waals surface area contributed by atoms with Crippen LogP contribution in [0.15, 0.2) is 54.6 Å². The lowest BCUT2D eigenvalue weighted by atomic mass is 10.1. The van der Waals surface area contributed by atoms with E-state index < -0.39 is 0 Å². The van der Waals surface area contributed by atoms with E-state index in [0.717, 1.165) is 35.2 Å². The summed E-state index contributed by atoms with van der Waals surface area (Å²) in [7, 11) is 0. The molecule has 8 nitrogen and oxygen atoms in total. The van der Waals surface area contributed by atoms with Gasteiger partial charge in [-0.1, -0.05) is 42.5 Å². The topological polar surface area (TPSA) is 77.1 Å². The van der Waals surface area contributed by atoms with E-state index in [2.05, 4.69) is 10.2 Å². The van der Waals surface area contributed by atoms with Crippen LogP contribution in [-0.2, 0) is 16.1 Å². The molecule has 158 valence electrons. The summed E-state index contributed by atoms with van der Waals surface area (Å²) in [6.45, 7) is 5.78. The molecule has 2 aromatic heterocycles. The molecule has 4 aromatic rings. The van der Waals surface area contributed by atoms with Crippen molar-refractivity contribution in [3.05, 3.63) is 66.1 Å². The molecule has 0 spiro atoms. The number of carbonyl (C=O) groups excluding carboxylic acids is 1. The van der Waals surface area contributed by atoms with Gasteiger partial charge in [-0.3, -0.25) is 9.69 Å². The summed E-state index contributed by atoms with van der Waals surface area (Å²) in [6.07, 6.45) is 0. The van der Waals surface area contributed by atoms with Crippen LogP contribution in [0.1, 0.15) is 11.5 Å². The lowest BCUT2D eigenvalue weighted by molar-refractivity contribution is -0.900. The van der Waals surface area contributed by atoms with Crippen LogP contribution < -0.4 is 9.80 Å². The van der Waals surface area contributed by atoms with Gasteiger partial charge in [-0.05, 0) is 19.1 Å². The number of carbonyl (C=O) groups is 1. The number of fused-ring (bicyclic) bond motifs is 3. The Morgan fingerprint density at radius 1 is 1.03 bits per heavy atom. The number of amides is 1. The van der Waals surface area contributed by atoms with Crippen LogP contribution in [0.3, 0.4) is 0 Å². The molecule has 5 rings (SSSR count). The highest BCUT2D eigenvalue weighted by Gasteiger charge is 2.25. The summed E-state index contributed by atoms with van der Waals surface area (Å²) >= 11 is 0. The molecule has 1 N–H and O–H groups in total. The number of morpholine rings is 1. The van der Waals surface area contributed by atoms with Crippen LogP contribution in [-0.4, -0.2) is 58.6 Å². The van der Waals surface area contributed by atoms with Gasteiger partial charge in [-0.15, -0.1) is 10.2 Å². The maximum absolute atomic E-state index is 13.3. The van der Waals surface area contributed by atoms with Crippen molar-refractivity contribution in [2.75, 3.05) is 37.7 Å². The molecule has 0 bridgehead atoms. The van der Waals surface area contributed by atoms with E-state index in [1.54, 1.807) is 9.42 Å². The molecule has 0 atom stereocenters. The second-order valence-corrected chi connectivity index (χ2v) is 7.84. The number of anilines is 1. The van der Waals surface area contributed by atoms with Crippen LogP contribution in [0, 0.1) is 6.92 Å². The molecule has 1 aliphatic rings. The number of benzene rings is 2. The molecule has 1 fully saturated rings. The van der Waals surface area contributed by atoms with E-state index in [0.29, 0.717) is 37.8 Å². The van der Waals surface area contributed by atoms with Crippen molar-refractivity contribution in [3.8, 4) is 0 Å². The minimum atomic E-state index is 0.0531. The quantitative estimate of drug-likeness (QED) is 0.525. The van der Waals surface area contributed by atoms with E-state index in [1.807, 2.05) is 61.5 Å². The Hall–Kier alpha value is -3.36. The number of aryl methyl sites for hydroxylation is 1. The fraction of sp³-hybridized carbons (Fsp3) is 0.304. The summed E-state index contributed by atoms with van der Waals surface area (Å²) in [5.41, 5.74) is 2.45. The van der Waals surface area contributed by atoms with Crippen molar-refractivity contribution in [2.24, 2.45) is 0 Å². The molecule has 0 radical (unpaired) electrons. The highest BCUT2D eigenvalue weighted by atomic mass is 16.5. The van der Waals surface area contributed by atoms with Gasteiger partial charge < -0.3 is 9.64 Å². The first-order valence-corrected chi connectivity index (χ1v) is 10.6. The van der Waals surface area contributed by atoms with Gasteiger partial charge in [-0.2, -0.15) is 9.61 Å². The van der Waals surface area contributed by atoms with E-state index in [4.69, 9.17) is 9.84 Å². The number of nitrogens with one attached hydrogen (secondary N) is 1. The summed E-state index contributed by atoms with van der Waals surface area (Å²) in [5.74, 6) is 0.690. The monoisotopic (exact) mass is 417 g/mol. The highest BCUT2D eigenvalue weighted by Crippen LogP contribution is 2.22. The molecule has 0 aliphatic carbocycles. The molecule has 1 amide bonds. The predicted molar refractivity (Wildman–Crippen MR) is 117 cm³/mol. The number of aromatic nitrogens is 4. The Balaban J connectivity index is 1.50. The molecule has 8 heteroatoms. The van der Waals surface area contributed by atoms with Gasteiger partial charge in [0.1, 0.15) is 13.1 Å². The largest absolute Gasteiger partial charge is 0.370 e. The first-order valence-electron chi connectivity index (χ1n) is 10.6. The van der Waals surface area contributed by atoms with Crippen molar-refractivity contribution in [1.82, 2.24) is 19.8 Å². The number of rotatable bonds is 5. The van der Waals surface area contributed by atoms with Crippen LogP contribution in [0.5, 0.6) is 0 Å². The van der Waals surface area contributed by atoms with Crippen LogP contribution >= 0.6 is 0 Å². The third-order valence-electron chi connectivity index (χ3n) is 5.78. The first kappa shape index (κ1) is 19.6. The average molecular weight is 417 g/mol. The fourth-order valence-corrected chi connectivity index (χ4v) is 4.10. The van der Waals surface area contributed by atoms with Crippen molar-refractivity contribution < 1.29 is 14.4 Å². The zero-order chi connectivity index (χ0) is 21.2. The van der Waals surface area contributed by atoms with Gasteiger partial charge in [0, 0.05) is 16.5 Å². The summed E-state index contributed by atoms with van der Waals surface area (Å²) in [4.78, 5) is 16.4. The van der Waals surface area contributed by atoms with Crippen molar-refractivity contribution in [1.29, 1.82) is 0 Å². The van der Waals surface area contributed by atoms with Gasteiger partial charge in [0.2, 0.25) is 0 Å². The first-order chi connectivity index (χ1) is 15.2. The zero-order valence-electron chi connectivity index (χ0n) is 17.5. The van der Waals surface area contributed by atoms with E-state index in [1.165, 1.54) is 4.90 Å². The Labute approximate surface area is 180 Å². The van der Waals surface area contributed by atoms with Crippen LogP contribution in [0.2, 0.25) is 0 Å².